The van der Waals surface area contributed by atoms with E-state index in [2.05, 4.69) is 53.4 Å². The van der Waals surface area contributed by atoms with Gasteiger partial charge in [-0.15, -0.1) is 0 Å². The Kier molecular flexibility index (Phi) is 6.41. The quantitative estimate of drug-likeness (QED) is 0.403. The maximum Gasteiger partial charge on any atom is 0.0906 e. The topological polar surface area (TPSA) is 12.5 Å². The van der Waals surface area contributed by atoms with Gasteiger partial charge < -0.3 is 4.74 Å². The minimum absolute atomic E-state index is 0.215. The average molecular weight is 472 g/mol. The molecule has 1 heterocycles. The lowest BCUT2D eigenvalue weighted by atomic mass is 9.76. The summed E-state index contributed by atoms with van der Waals surface area (Å²) in [5, 5.41) is 0. The molecule has 3 aliphatic carbocycles. The Morgan fingerprint density at radius 1 is 1.06 bits per heavy atom. The van der Waals surface area contributed by atoms with Crippen molar-refractivity contribution < 1.29 is 9.13 Å². The molecule has 0 amide bonds. The second-order valence-corrected chi connectivity index (χ2v) is 11.3. The van der Waals surface area contributed by atoms with Crippen molar-refractivity contribution in [1.82, 2.24) is 4.90 Å². The molecular weight excluding hydrogens is 433 g/mol. The number of hydrogen-bond acceptors (Lipinski definition) is 2. The number of methoxy groups -OCH3 is 1. The highest BCUT2D eigenvalue weighted by atomic mass is 19.1. The first kappa shape index (κ1) is 23.2. The van der Waals surface area contributed by atoms with Crippen molar-refractivity contribution >= 4 is 11.6 Å². The number of likely N-dealkylation sites (tertiary alicyclic amines) is 1. The third kappa shape index (κ3) is 4.54. The highest BCUT2D eigenvalue weighted by Gasteiger charge is 2.58. The van der Waals surface area contributed by atoms with E-state index in [1.54, 1.807) is 12.7 Å². The number of hydrogen-bond donors (Lipinski definition) is 0. The standard InChI is InChI=1S/C32H38FNO/c1-35-22-24-9-12-28-27(18-24)5-2-6-29(30-19-32(30)13-3-14-32)31(28)26-10-7-23(8-11-26)17-25-20-34(21-25)16-4-15-33/h7-12,17-18,30H,2-6,13-16,19-22H2,1H3. The molecule has 1 saturated heterocycles. The van der Waals surface area contributed by atoms with Gasteiger partial charge in [0.05, 0.1) is 13.3 Å². The van der Waals surface area contributed by atoms with Gasteiger partial charge in [0, 0.05) is 26.7 Å². The number of ether oxygens (including phenoxy) is 1. The summed E-state index contributed by atoms with van der Waals surface area (Å²) in [7, 11) is 1.78. The van der Waals surface area contributed by atoms with Crippen molar-refractivity contribution in [2.24, 2.45) is 11.3 Å². The monoisotopic (exact) mass is 471 g/mol. The smallest absolute Gasteiger partial charge is 0.0906 e. The molecular formula is C32H38FNO. The zero-order valence-electron chi connectivity index (χ0n) is 21.1. The molecule has 2 saturated carbocycles. The van der Waals surface area contributed by atoms with Crippen molar-refractivity contribution in [2.75, 3.05) is 33.4 Å². The predicted molar refractivity (Wildman–Crippen MR) is 142 cm³/mol. The molecule has 0 aromatic heterocycles. The molecule has 2 aromatic carbocycles. The van der Waals surface area contributed by atoms with Crippen molar-refractivity contribution in [3.63, 3.8) is 0 Å². The maximum atomic E-state index is 12.4. The fourth-order valence-corrected chi connectivity index (χ4v) is 6.88. The normalized spacial score (nSPS) is 22.9. The molecule has 0 radical (unpaired) electrons. The van der Waals surface area contributed by atoms with E-state index in [4.69, 9.17) is 4.74 Å². The third-order valence-electron chi connectivity index (χ3n) is 8.95. The van der Waals surface area contributed by atoms with E-state index < -0.39 is 0 Å². The van der Waals surface area contributed by atoms with Crippen molar-refractivity contribution in [3.8, 4) is 0 Å². The number of alkyl halides is 1. The third-order valence-corrected chi connectivity index (χ3v) is 8.95. The molecule has 2 aromatic rings. The minimum atomic E-state index is -0.215. The van der Waals surface area contributed by atoms with Crippen LogP contribution in [0.5, 0.6) is 0 Å². The zero-order chi connectivity index (χ0) is 23.8. The van der Waals surface area contributed by atoms with Gasteiger partial charge in [-0.3, -0.25) is 9.29 Å². The van der Waals surface area contributed by atoms with Gasteiger partial charge in [-0.1, -0.05) is 60.5 Å². The summed E-state index contributed by atoms with van der Waals surface area (Å²) in [5.41, 5.74) is 12.2. The molecule has 1 atom stereocenters. The van der Waals surface area contributed by atoms with Crippen LogP contribution in [0.3, 0.4) is 0 Å². The zero-order valence-corrected chi connectivity index (χ0v) is 21.1. The van der Waals surface area contributed by atoms with E-state index in [-0.39, 0.29) is 6.67 Å². The number of allylic oxidation sites excluding steroid dienone is 1. The molecule has 1 aliphatic heterocycles. The molecule has 6 rings (SSSR count). The number of benzene rings is 2. The Hall–Kier alpha value is -2.23. The van der Waals surface area contributed by atoms with Crippen LogP contribution in [0.15, 0.2) is 53.6 Å². The van der Waals surface area contributed by atoms with Gasteiger partial charge in [-0.25, -0.2) is 0 Å². The molecule has 1 unspecified atom stereocenters. The van der Waals surface area contributed by atoms with Crippen LogP contribution in [0.1, 0.15) is 72.8 Å². The van der Waals surface area contributed by atoms with Crippen molar-refractivity contribution in [3.05, 3.63) is 81.4 Å². The largest absolute Gasteiger partial charge is 0.380 e. The minimum Gasteiger partial charge on any atom is -0.380 e. The summed E-state index contributed by atoms with van der Waals surface area (Å²) < 4.78 is 17.8. The van der Waals surface area contributed by atoms with Gasteiger partial charge in [0.15, 0.2) is 0 Å². The molecule has 4 aliphatic rings. The van der Waals surface area contributed by atoms with E-state index in [0.29, 0.717) is 18.4 Å². The molecule has 184 valence electrons. The van der Waals surface area contributed by atoms with Crippen LogP contribution >= 0.6 is 0 Å². The van der Waals surface area contributed by atoms with Crippen LogP contribution in [0.25, 0.3) is 11.6 Å². The summed E-state index contributed by atoms with van der Waals surface area (Å²) in [6.45, 7) is 3.31. The molecule has 35 heavy (non-hydrogen) atoms. The Bertz CT molecular complexity index is 1130. The van der Waals surface area contributed by atoms with Crippen LogP contribution in [-0.4, -0.2) is 38.3 Å². The van der Waals surface area contributed by atoms with Gasteiger partial charge in [-0.05, 0) is 95.2 Å². The van der Waals surface area contributed by atoms with Gasteiger partial charge >= 0.3 is 0 Å². The summed E-state index contributed by atoms with van der Waals surface area (Å²) in [6, 6.07) is 16.3. The van der Waals surface area contributed by atoms with Gasteiger partial charge in [0.1, 0.15) is 0 Å². The SMILES string of the molecule is COCc1ccc2c(c1)CCCC(C1CC13CCC3)=C2c1ccc(C=C2CN(CCCF)C2)cc1. The Morgan fingerprint density at radius 2 is 1.89 bits per heavy atom. The molecule has 3 fully saturated rings. The van der Waals surface area contributed by atoms with E-state index in [1.807, 2.05) is 0 Å². The van der Waals surface area contributed by atoms with Crippen LogP contribution in [-0.2, 0) is 17.8 Å². The first-order valence-electron chi connectivity index (χ1n) is 13.6. The lowest BCUT2D eigenvalue weighted by Gasteiger charge is -2.33. The van der Waals surface area contributed by atoms with Crippen LogP contribution < -0.4 is 0 Å². The highest BCUT2D eigenvalue weighted by molar-refractivity contribution is 5.85. The second kappa shape index (κ2) is 9.67. The summed E-state index contributed by atoms with van der Waals surface area (Å²) >= 11 is 0. The number of aryl methyl sites for hydroxylation is 1. The lowest BCUT2D eigenvalue weighted by Crippen LogP contribution is -2.40. The van der Waals surface area contributed by atoms with Gasteiger partial charge in [0.25, 0.3) is 0 Å². The highest BCUT2D eigenvalue weighted by Crippen LogP contribution is 2.69. The van der Waals surface area contributed by atoms with Gasteiger partial charge in [-0.2, -0.15) is 0 Å². The van der Waals surface area contributed by atoms with Crippen molar-refractivity contribution in [2.45, 2.75) is 58.0 Å². The predicted octanol–water partition coefficient (Wildman–Crippen LogP) is 7.22. The van der Waals surface area contributed by atoms with Crippen molar-refractivity contribution in [1.29, 1.82) is 0 Å². The number of halogens is 1. The maximum absolute atomic E-state index is 12.4. The van der Waals surface area contributed by atoms with E-state index in [1.165, 1.54) is 77.5 Å². The molecule has 0 N–H and O–H groups in total. The van der Waals surface area contributed by atoms with E-state index in [9.17, 15) is 4.39 Å². The Morgan fingerprint density at radius 3 is 2.57 bits per heavy atom. The fourth-order valence-electron chi connectivity index (χ4n) is 6.88. The lowest BCUT2D eigenvalue weighted by molar-refractivity contribution is 0.185. The summed E-state index contributed by atoms with van der Waals surface area (Å²) in [5.74, 6) is 0.794. The number of nitrogens with zero attached hydrogens (tertiary/aromatic N) is 1. The second-order valence-electron chi connectivity index (χ2n) is 11.3. The van der Waals surface area contributed by atoms with E-state index in [0.717, 1.165) is 32.0 Å². The Labute approximate surface area is 209 Å². The number of fused-ring (bicyclic) bond motifs is 1. The first-order valence-corrected chi connectivity index (χ1v) is 13.6. The van der Waals surface area contributed by atoms with Gasteiger partial charge in [0.2, 0.25) is 0 Å². The summed E-state index contributed by atoms with van der Waals surface area (Å²) in [4.78, 5) is 2.32. The summed E-state index contributed by atoms with van der Waals surface area (Å²) in [6.07, 6.45) is 12.3. The molecule has 2 nitrogen and oxygen atoms in total. The molecule has 1 spiro atoms. The number of rotatable bonds is 8. The molecule has 3 heteroatoms. The van der Waals surface area contributed by atoms with E-state index >= 15 is 0 Å². The average Bonchev–Trinajstić information content (AvgIpc) is 3.60. The van der Waals surface area contributed by atoms with Crippen LogP contribution in [0, 0.1) is 11.3 Å². The van der Waals surface area contributed by atoms with Crippen LogP contribution in [0.4, 0.5) is 4.39 Å². The molecule has 0 bridgehead atoms. The Balaban J connectivity index is 1.31. The van der Waals surface area contributed by atoms with Crippen LogP contribution in [0.2, 0.25) is 0 Å². The fraction of sp³-hybridized carbons (Fsp3) is 0.500. The first-order chi connectivity index (χ1) is 17.2.